The first-order valence-electron chi connectivity index (χ1n) is 44.3. The Kier molecular flexibility index (Phi) is 31.4. The van der Waals surface area contributed by atoms with Gasteiger partial charge in [0.25, 0.3) is 0 Å². The van der Waals surface area contributed by atoms with Crippen LogP contribution in [0.2, 0.25) is 0 Å². The Balaban J connectivity index is 0.000000184. The lowest BCUT2D eigenvalue weighted by Gasteiger charge is -2.14. The Morgan fingerprint density at radius 3 is 0.924 bits per heavy atom. The van der Waals surface area contributed by atoms with Gasteiger partial charge in [-0.1, -0.05) is 408 Å². The zero-order valence-electron chi connectivity index (χ0n) is 73.1. The van der Waals surface area contributed by atoms with Crippen LogP contribution < -0.4 is 0 Å². The predicted molar refractivity (Wildman–Crippen MR) is 542 cm³/mol. The van der Waals surface area contributed by atoms with Crippen molar-refractivity contribution in [2.24, 2.45) is 0 Å². The molecule has 3 heterocycles. The number of aryl methyl sites for hydroxylation is 3. The van der Waals surface area contributed by atoms with Gasteiger partial charge in [0.2, 0.25) is 0 Å². The third kappa shape index (κ3) is 14.9. The van der Waals surface area contributed by atoms with Gasteiger partial charge in [0.1, 0.15) is 0 Å². The van der Waals surface area contributed by atoms with Crippen molar-refractivity contribution < 1.29 is 0 Å². The summed E-state index contributed by atoms with van der Waals surface area (Å²) in [4.78, 5) is 0. The number of hydrogen-bond donors (Lipinski definition) is 0. The van der Waals surface area contributed by atoms with Crippen molar-refractivity contribution in [3.8, 4) is 33.4 Å². The molecule has 20 aromatic rings. The van der Waals surface area contributed by atoms with Gasteiger partial charge in [-0.05, 0) is 194 Å². The molecule has 0 saturated carbocycles. The van der Waals surface area contributed by atoms with Crippen molar-refractivity contribution >= 4 is 152 Å². The van der Waals surface area contributed by atoms with Gasteiger partial charge in [-0.2, -0.15) is 0 Å². The van der Waals surface area contributed by atoms with Crippen LogP contribution in [0.3, 0.4) is 0 Å². The fourth-order valence-electron chi connectivity index (χ4n) is 19.1. The van der Waals surface area contributed by atoms with E-state index in [4.69, 9.17) is 0 Å². The van der Waals surface area contributed by atoms with Crippen LogP contribution in [0.4, 0.5) is 0 Å². The molecule has 0 saturated heterocycles. The second kappa shape index (κ2) is 41.1. The van der Waals surface area contributed by atoms with Gasteiger partial charge in [0.05, 0.1) is 16.6 Å². The Labute approximate surface area is 713 Å². The molecule has 612 valence electrons. The van der Waals surface area contributed by atoms with Gasteiger partial charge >= 0.3 is 0 Å². The molecule has 0 amide bonds. The van der Waals surface area contributed by atoms with Crippen molar-refractivity contribution in [2.45, 2.75) is 207 Å². The summed E-state index contributed by atoms with van der Waals surface area (Å²) in [7, 11) is 0. The highest BCUT2D eigenvalue weighted by atomic mass is 15.0. The zero-order valence-corrected chi connectivity index (χ0v) is 73.1. The zero-order chi connectivity index (χ0) is 82.6. The van der Waals surface area contributed by atoms with E-state index in [1.165, 1.54) is 218 Å². The molecule has 17 aromatic carbocycles. The lowest BCUT2D eigenvalue weighted by Crippen LogP contribution is -1.96. The first-order valence-corrected chi connectivity index (χ1v) is 44.3. The van der Waals surface area contributed by atoms with Crippen LogP contribution in [0.1, 0.15) is 201 Å². The average Bonchev–Trinajstić information content (AvgIpc) is 1.54. The minimum Gasteiger partial charge on any atom is -0.340 e. The van der Waals surface area contributed by atoms with E-state index in [2.05, 4.69) is 314 Å². The summed E-state index contributed by atoms with van der Waals surface area (Å²) in [5.74, 6) is 0. The Morgan fingerprint density at radius 1 is 0.185 bits per heavy atom. The summed E-state index contributed by atoms with van der Waals surface area (Å²) in [5, 5.41) is 30.1. The highest BCUT2D eigenvalue weighted by molar-refractivity contribution is 6.33. The standard InChI is InChI=1S/2C33H23N.C29H21N.9C2H6.3CH4/c1-2-34-28-18-17-21-10-4-6-12-24(21)30(28)31-26-14-8-7-13-25(26)27-19-22-16-15-20-9-3-5-11-23(20)29(22)32(27)33(31)34;1-2-34-29-18-16-20-9-3-4-10-22(20)31(29)27-17-15-21-19-28-25-13-6-5-11-23(25)24-12-7-8-14-26(24)32(28)30(21)33(27)34;1-2-30-25-14-8-7-13-23(25)27-22-12-6-5-11-21(22)24-17-19-16-15-18-9-3-4-10-20(18)26(19)28(24)29(27)30;9*1-2;;;/h2*3-18H,2,19H2,1H3;3-16H,2,17H2,1H3;9*1-2H3;3*1H4. The Morgan fingerprint density at radius 2 is 0.471 bits per heavy atom. The number of nitrogens with zero attached hydrogens (tertiary/aromatic N) is 3. The number of aromatic nitrogens is 3. The maximum absolute atomic E-state index is 2.57. The molecule has 0 aliphatic heterocycles. The molecule has 0 unspecified atom stereocenters. The lowest BCUT2D eigenvalue weighted by molar-refractivity contribution is 0.828. The number of rotatable bonds is 3. The van der Waals surface area contributed by atoms with Gasteiger partial charge in [0.15, 0.2) is 0 Å². The molecular weight excluding hydrogens is 1440 g/mol. The van der Waals surface area contributed by atoms with Crippen molar-refractivity contribution in [3.05, 3.63) is 312 Å². The van der Waals surface area contributed by atoms with E-state index >= 15 is 0 Å². The molecule has 0 N–H and O–H groups in total. The maximum Gasteiger partial charge on any atom is 0.0580 e. The van der Waals surface area contributed by atoms with E-state index in [0.717, 1.165) is 38.9 Å². The van der Waals surface area contributed by atoms with Crippen molar-refractivity contribution in [2.75, 3.05) is 0 Å². The molecule has 0 fully saturated rings. The summed E-state index contributed by atoms with van der Waals surface area (Å²) in [5.41, 5.74) is 25.7. The van der Waals surface area contributed by atoms with E-state index in [9.17, 15) is 0 Å². The predicted octanol–water partition coefficient (Wildman–Crippen LogP) is 36.5. The largest absolute Gasteiger partial charge is 0.340 e. The average molecular weight is 1570 g/mol. The quantitative estimate of drug-likeness (QED) is 0.157. The smallest absolute Gasteiger partial charge is 0.0580 e. The molecule has 0 atom stereocenters. The number of hydrogen-bond acceptors (Lipinski definition) is 0. The van der Waals surface area contributed by atoms with Crippen LogP contribution in [0, 0.1) is 0 Å². The molecule has 23 rings (SSSR count). The molecule has 3 aliphatic carbocycles. The highest BCUT2D eigenvalue weighted by Crippen LogP contribution is 2.55. The van der Waals surface area contributed by atoms with Gasteiger partial charge in [0, 0.05) is 85.2 Å². The van der Waals surface area contributed by atoms with Gasteiger partial charge < -0.3 is 13.7 Å². The SMILES string of the molecule is C.C.C.CC.CC.CC.CC.CC.CC.CC.CC.CC.CCn1c2ccc3ccccc3c2c2c3ccccc3c3c(c21)-c1c(ccc2ccccc12)C3.CCn1c2ccc3ccccc3c2c2ccc3c(c21)-c1c(c2ccccc2c2ccccc12)C3.CCn1c2ccccc2c2c3ccccc3c3c(c21)-c1c(ccc2ccccc12)C3. The summed E-state index contributed by atoms with van der Waals surface area (Å²) >= 11 is 0. The van der Waals surface area contributed by atoms with Crippen LogP contribution >= 0.6 is 0 Å². The fraction of sp³-hybridized carbons (Fsp3) is 0.259. The van der Waals surface area contributed by atoms with E-state index in [1.807, 2.05) is 125 Å². The minimum atomic E-state index is 0. The van der Waals surface area contributed by atoms with Gasteiger partial charge in [-0.15, -0.1) is 0 Å². The van der Waals surface area contributed by atoms with Crippen molar-refractivity contribution in [1.29, 1.82) is 0 Å². The Hall–Kier alpha value is -11.8. The van der Waals surface area contributed by atoms with Crippen LogP contribution in [0.5, 0.6) is 0 Å². The van der Waals surface area contributed by atoms with E-state index < -0.39 is 0 Å². The second-order valence-corrected chi connectivity index (χ2v) is 27.5. The molecule has 3 aliphatic rings. The molecular formula is C116H133N3. The minimum absolute atomic E-state index is 0. The number of benzene rings is 17. The summed E-state index contributed by atoms with van der Waals surface area (Å²) in [6.07, 6.45) is 3.01. The highest BCUT2D eigenvalue weighted by Gasteiger charge is 2.33. The molecule has 0 radical (unpaired) electrons. The van der Waals surface area contributed by atoms with Gasteiger partial charge in [-0.3, -0.25) is 0 Å². The number of para-hydroxylation sites is 1. The normalized spacial score (nSPS) is 11.0. The lowest BCUT2D eigenvalue weighted by atomic mass is 9.91. The molecule has 0 spiro atoms. The van der Waals surface area contributed by atoms with E-state index in [1.54, 1.807) is 0 Å². The maximum atomic E-state index is 2.57. The van der Waals surface area contributed by atoms with E-state index in [0.29, 0.717) is 0 Å². The summed E-state index contributed by atoms with van der Waals surface area (Å²) < 4.78 is 7.65. The third-order valence-corrected chi connectivity index (χ3v) is 22.9. The van der Waals surface area contributed by atoms with Crippen molar-refractivity contribution in [3.63, 3.8) is 0 Å². The van der Waals surface area contributed by atoms with Crippen LogP contribution in [0.25, 0.3) is 185 Å². The van der Waals surface area contributed by atoms with Crippen LogP contribution in [0.15, 0.2) is 279 Å². The van der Waals surface area contributed by atoms with Crippen LogP contribution in [-0.2, 0) is 38.9 Å². The first kappa shape index (κ1) is 91.1. The fourth-order valence-corrected chi connectivity index (χ4v) is 19.1. The molecule has 3 nitrogen and oxygen atoms in total. The third-order valence-electron chi connectivity index (χ3n) is 22.9. The second-order valence-electron chi connectivity index (χ2n) is 27.5. The number of fused-ring (bicyclic) bond motifs is 40. The molecule has 3 aromatic heterocycles. The molecule has 0 bridgehead atoms. The molecule has 119 heavy (non-hydrogen) atoms. The monoisotopic (exact) mass is 1570 g/mol. The summed E-state index contributed by atoms with van der Waals surface area (Å²) in [6.45, 7) is 45.7. The van der Waals surface area contributed by atoms with Gasteiger partial charge in [-0.25, -0.2) is 0 Å². The van der Waals surface area contributed by atoms with E-state index in [-0.39, 0.29) is 22.3 Å². The topological polar surface area (TPSA) is 14.8 Å². The first-order chi connectivity index (χ1) is 57.6. The summed E-state index contributed by atoms with van der Waals surface area (Å²) in [6, 6.07) is 104. The van der Waals surface area contributed by atoms with Crippen molar-refractivity contribution in [1.82, 2.24) is 13.7 Å². The van der Waals surface area contributed by atoms with Crippen LogP contribution in [-0.4, -0.2) is 13.7 Å². The Bertz CT molecular complexity index is 6900. The molecule has 3 heteroatoms.